The molecule has 0 amide bonds. The van der Waals surface area contributed by atoms with Crippen molar-refractivity contribution >= 4 is 46.1 Å². The number of carboxylic acid groups (broad SMARTS) is 1. The molecule has 0 aliphatic carbocycles. The summed E-state index contributed by atoms with van der Waals surface area (Å²) in [6, 6.07) is 16.7. The minimum absolute atomic E-state index is 0.131. The Balaban J connectivity index is 1.57. The van der Waals surface area contributed by atoms with Gasteiger partial charge in [-0.15, -0.1) is 0 Å². The van der Waals surface area contributed by atoms with E-state index in [0.717, 1.165) is 0 Å². The molecule has 11 nitrogen and oxygen atoms in total. The molecule has 5 aromatic rings. The predicted molar refractivity (Wildman–Crippen MR) is 123 cm³/mol. The van der Waals surface area contributed by atoms with Gasteiger partial charge in [0.15, 0.2) is 17.3 Å². The van der Waals surface area contributed by atoms with Crippen LogP contribution in [0.1, 0.15) is 21.8 Å². The summed E-state index contributed by atoms with van der Waals surface area (Å²) >= 11 is 6.10. The average molecular weight is 476 g/mol. The van der Waals surface area contributed by atoms with Gasteiger partial charge in [0.05, 0.1) is 5.56 Å². The Kier molecular flexibility index (Phi) is 5.36. The third-order valence-electron chi connectivity index (χ3n) is 4.79. The molecule has 12 heteroatoms. The molecule has 3 heterocycles. The number of furan rings is 1. The molecule has 0 aliphatic heterocycles. The number of nitrogens with one attached hydrogen (secondary N) is 1. The second-order valence-electron chi connectivity index (χ2n) is 7.00. The molecule has 0 saturated carbocycles. The van der Waals surface area contributed by atoms with Crippen LogP contribution in [0, 0.1) is 0 Å². The zero-order valence-corrected chi connectivity index (χ0v) is 17.9. The molecule has 2 aromatic carbocycles. The zero-order chi connectivity index (χ0) is 23.7. The highest BCUT2D eigenvalue weighted by atomic mass is 35.5. The number of fused-ring (bicyclic) bond motifs is 1. The number of aromatic carboxylic acids is 1. The molecule has 0 atom stereocenters. The Morgan fingerprint density at radius 3 is 2.59 bits per heavy atom. The van der Waals surface area contributed by atoms with Crippen LogP contribution in [-0.2, 0) is 0 Å². The number of hydrazone groups is 1. The molecular formula is C22H14ClN7O4. The number of rotatable bonds is 6. The lowest BCUT2D eigenvalue weighted by Gasteiger charge is -2.10. The van der Waals surface area contributed by atoms with E-state index < -0.39 is 5.97 Å². The predicted octanol–water partition coefficient (Wildman–Crippen LogP) is 4.08. The van der Waals surface area contributed by atoms with Gasteiger partial charge in [0, 0.05) is 16.3 Å². The molecule has 0 unspecified atom stereocenters. The van der Waals surface area contributed by atoms with Crippen molar-refractivity contribution in [3.05, 3.63) is 82.7 Å². The molecule has 0 saturated heterocycles. The minimum Gasteiger partial charge on any atom is -0.478 e. The maximum atomic E-state index is 11.3. The van der Waals surface area contributed by atoms with Crippen molar-refractivity contribution < 1.29 is 18.9 Å². The summed E-state index contributed by atoms with van der Waals surface area (Å²) in [5.74, 6) is 5.64. The Morgan fingerprint density at radius 2 is 1.82 bits per heavy atom. The van der Waals surface area contributed by atoms with E-state index in [4.69, 9.17) is 26.5 Å². The van der Waals surface area contributed by atoms with Gasteiger partial charge in [-0.25, -0.2) is 19.4 Å². The fourth-order valence-electron chi connectivity index (χ4n) is 3.26. The summed E-state index contributed by atoms with van der Waals surface area (Å²) in [5, 5.41) is 24.3. The van der Waals surface area contributed by atoms with Crippen LogP contribution in [0.25, 0.3) is 22.6 Å². The first-order valence-electron chi connectivity index (χ1n) is 9.77. The van der Waals surface area contributed by atoms with Crippen LogP contribution >= 0.6 is 11.6 Å². The molecule has 3 aromatic heterocycles. The van der Waals surface area contributed by atoms with Crippen molar-refractivity contribution in [2.24, 2.45) is 10.9 Å². The van der Waals surface area contributed by atoms with Crippen molar-refractivity contribution in [1.29, 1.82) is 0 Å². The molecule has 0 bridgehead atoms. The molecule has 34 heavy (non-hydrogen) atoms. The zero-order valence-electron chi connectivity index (χ0n) is 17.1. The van der Waals surface area contributed by atoms with Crippen molar-refractivity contribution in [3.63, 3.8) is 0 Å². The van der Waals surface area contributed by atoms with Crippen LogP contribution in [0.15, 0.2) is 74.8 Å². The summed E-state index contributed by atoms with van der Waals surface area (Å²) in [5.41, 5.74) is 2.06. The smallest absolute Gasteiger partial charge is 0.335 e. The van der Waals surface area contributed by atoms with Gasteiger partial charge in [-0.3, -0.25) is 0 Å². The standard InChI is InChI=1S/C22H14ClN7O4/c23-13-5-2-6-14(10-13)25-19-18(26-20-21(27-19)30-34-29-20)17(28-24)16-8-7-15(33-16)11-3-1-4-12(9-11)22(31)32/h1-10H,24H2,(H,31,32)(H,25,27,30). The van der Waals surface area contributed by atoms with E-state index in [1.54, 1.807) is 48.5 Å². The molecule has 168 valence electrons. The molecule has 0 spiro atoms. The Bertz CT molecular complexity index is 1560. The van der Waals surface area contributed by atoms with Crippen LogP contribution in [0.2, 0.25) is 5.02 Å². The second kappa shape index (κ2) is 8.64. The van der Waals surface area contributed by atoms with Crippen LogP contribution in [-0.4, -0.2) is 37.1 Å². The minimum atomic E-state index is -1.04. The topological polar surface area (TPSA) is 166 Å². The van der Waals surface area contributed by atoms with E-state index in [2.05, 4.69) is 30.7 Å². The summed E-state index contributed by atoms with van der Waals surface area (Å²) in [6.45, 7) is 0. The molecule has 0 radical (unpaired) electrons. The molecule has 5 rings (SSSR count). The monoisotopic (exact) mass is 475 g/mol. The first-order chi connectivity index (χ1) is 16.5. The highest BCUT2D eigenvalue weighted by Crippen LogP contribution is 2.28. The van der Waals surface area contributed by atoms with Crippen LogP contribution < -0.4 is 11.2 Å². The SMILES string of the molecule is NN=C(c1ccc(-c2cccc(C(=O)O)c2)o1)c1nc2nonc2nc1Nc1cccc(Cl)c1. The number of carboxylic acids is 1. The van der Waals surface area contributed by atoms with Gasteiger partial charge in [0.25, 0.3) is 0 Å². The van der Waals surface area contributed by atoms with Gasteiger partial charge in [0.1, 0.15) is 11.5 Å². The second-order valence-corrected chi connectivity index (χ2v) is 7.43. The van der Waals surface area contributed by atoms with Crippen molar-refractivity contribution in [1.82, 2.24) is 20.3 Å². The van der Waals surface area contributed by atoms with E-state index in [1.165, 1.54) is 12.1 Å². The summed E-state index contributed by atoms with van der Waals surface area (Å²) in [7, 11) is 0. The van der Waals surface area contributed by atoms with Crippen LogP contribution in [0.4, 0.5) is 11.5 Å². The highest BCUT2D eigenvalue weighted by molar-refractivity contribution is 6.30. The number of hydrogen-bond donors (Lipinski definition) is 3. The lowest BCUT2D eigenvalue weighted by Crippen LogP contribution is -2.13. The highest BCUT2D eigenvalue weighted by Gasteiger charge is 2.22. The van der Waals surface area contributed by atoms with E-state index in [9.17, 15) is 9.90 Å². The third kappa shape index (κ3) is 4.02. The molecule has 4 N–H and O–H groups in total. The first-order valence-corrected chi connectivity index (χ1v) is 10.1. The van der Waals surface area contributed by atoms with E-state index in [1.807, 2.05) is 0 Å². The number of benzene rings is 2. The molecular weight excluding hydrogens is 462 g/mol. The van der Waals surface area contributed by atoms with Gasteiger partial charge in [-0.2, -0.15) is 5.10 Å². The van der Waals surface area contributed by atoms with E-state index in [-0.39, 0.29) is 39.8 Å². The number of nitrogens with two attached hydrogens (primary N) is 1. The van der Waals surface area contributed by atoms with Gasteiger partial charge in [-0.05, 0) is 52.8 Å². The number of carbonyl (C=O) groups is 1. The van der Waals surface area contributed by atoms with E-state index in [0.29, 0.717) is 22.0 Å². The van der Waals surface area contributed by atoms with E-state index >= 15 is 0 Å². The molecule has 0 aliphatic rings. The van der Waals surface area contributed by atoms with Crippen LogP contribution in [0.3, 0.4) is 0 Å². The van der Waals surface area contributed by atoms with Gasteiger partial charge >= 0.3 is 5.97 Å². The first kappa shape index (κ1) is 21.1. The number of halogens is 1. The summed E-state index contributed by atoms with van der Waals surface area (Å²) < 4.78 is 10.7. The lowest BCUT2D eigenvalue weighted by atomic mass is 10.1. The Morgan fingerprint density at radius 1 is 1.03 bits per heavy atom. The normalized spacial score (nSPS) is 11.6. The quantitative estimate of drug-likeness (QED) is 0.185. The number of anilines is 2. The number of hydrogen-bond acceptors (Lipinski definition) is 10. The average Bonchev–Trinajstić information content (AvgIpc) is 3.49. The van der Waals surface area contributed by atoms with Crippen molar-refractivity contribution in [2.45, 2.75) is 0 Å². The molecule has 0 fully saturated rings. The van der Waals surface area contributed by atoms with Gasteiger partial charge < -0.3 is 20.7 Å². The Hall–Kier alpha value is -4.77. The number of aromatic nitrogens is 4. The number of nitrogens with zero attached hydrogens (tertiary/aromatic N) is 5. The van der Waals surface area contributed by atoms with Crippen molar-refractivity contribution in [2.75, 3.05) is 5.32 Å². The van der Waals surface area contributed by atoms with Crippen molar-refractivity contribution in [3.8, 4) is 11.3 Å². The fraction of sp³-hybridized carbons (Fsp3) is 0. The third-order valence-corrected chi connectivity index (χ3v) is 5.02. The largest absolute Gasteiger partial charge is 0.478 e. The summed E-state index contributed by atoms with van der Waals surface area (Å²) in [6.07, 6.45) is 0. The van der Waals surface area contributed by atoms with Gasteiger partial charge in [0.2, 0.25) is 11.3 Å². The van der Waals surface area contributed by atoms with Gasteiger partial charge in [-0.1, -0.05) is 29.8 Å². The Labute approximate surface area is 195 Å². The van der Waals surface area contributed by atoms with Crippen LogP contribution in [0.5, 0.6) is 0 Å². The maximum Gasteiger partial charge on any atom is 0.335 e. The lowest BCUT2D eigenvalue weighted by molar-refractivity contribution is 0.0697. The maximum absolute atomic E-state index is 11.3. The fourth-order valence-corrected chi connectivity index (χ4v) is 3.45. The summed E-state index contributed by atoms with van der Waals surface area (Å²) in [4.78, 5) is 20.2.